The molecular formula is C44H45FN4O5. The van der Waals surface area contributed by atoms with Gasteiger partial charge in [0.1, 0.15) is 17.3 Å². The molecule has 10 heteroatoms. The van der Waals surface area contributed by atoms with E-state index in [4.69, 9.17) is 9.47 Å². The minimum Gasteiger partial charge on any atom is -0.508 e. The van der Waals surface area contributed by atoms with Crippen LogP contribution in [0.2, 0.25) is 0 Å². The number of nitrogens with zero attached hydrogens (tertiary/aromatic N) is 4. The number of aromatic nitrogens is 1. The number of phenolic OH excluding ortho intramolecular Hbond substituents is 1. The van der Waals surface area contributed by atoms with E-state index in [0.29, 0.717) is 72.1 Å². The van der Waals surface area contributed by atoms with Crippen molar-refractivity contribution in [2.24, 2.45) is 0 Å². The highest BCUT2D eigenvalue weighted by molar-refractivity contribution is 6.12. The number of benzene rings is 4. The van der Waals surface area contributed by atoms with E-state index in [0.717, 1.165) is 55.8 Å². The zero-order valence-electron chi connectivity index (χ0n) is 30.8. The number of aromatic hydroxyl groups is 1. The lowest BCUT2D eigenvalue weighted by Gasteiger charge is -2.40. The fourth-order valence-corrected chi connectivity index (χ4v) is 8.18. The van der Waals surface area contributed by atoms with E-state index >= 15 is 9.18 Å². The number of phenols is 1. The number of rotatable bonds is 8. The van der Waals surface area contributed by atoms with Gasteiger partial charge in [0.05, 0.1) is 31.6 Å². The van der Waals surface area contributed by atoms with Crippen molar-refractivity contribution in [3.63, 3.8) is 0 Å². The summed E-state index contributed by atoms with van der Waals surface area (Å²) in [6.45, 7) is 6.64. The minimum absolute atomic E-state index is 0.0346. The number of halogens is 1. The van der Waals surface area contributed by atoms with Gasteiger partial charge >= 0.3 is 0 Å². The molecule has 0 aliphatic carbocycles. The van der Waals surface area contributed by atoms with Gasteiger partial charge in [-0.15, -0.1) is 0 Å². The van der Waals surface area contributed by atoms with E-state index in [-0.39, 0.29) is 23.6 Å². The first-order valence-corrected chi connectivity index (χ1v) is 18.8. The van der Waals surface area contributed by atoms with E-state index in [1.165, 1.54) is 28.7 Å². The summed E-state index contributed by atoms with van der Waals surface area (Å²) in [4.78, 5) is 35.8. The maximum Gasteiger partial charge on any atom is 0.264 e. The van der Waals surface area contributed by atoms with Crippen molar-refractivity contribution in [3.05, 3.63) is 130 Å². The third kappa shape index (κ3) is 6.87. The average Bonchev–Trinajstić information content (AvgIpc) is 3.59. The fraction of sp³-hybridized carbons (Fsp3) is 0.318. The number of aryl methyl sites for hydroxylation is 1. The molecule has 54 heavy (non-hydrogen) atoms. The maximum atomic E-state index is 15.0. The van der Waals surface area contributed by atoms with Crippen LogP contribution in [0, 0.1) is 12.7 Å². The summed E-state index contributed by atoms with van der Waals surface area (Å²) in [5.74, 6) is -0.148. The minimum atomic E-state index is -0.421. The number of methoxy groups -OCH3 is 1. The topological polar surface area (TPSA) is 87.5 Å². The lowest BCUT2D eigenvalue weighted by atomic mass is 9.92. The van der Waals surface area contributed by atoms with Crippen molar-refractivity contribution in [2.45, 2.75) is 51.7 Å². The number of fused-ring (bicyclic) bond motifs is 2. The van der Waals surface area contributed by atoms with Gasteiger partial charge in [-0.25, -0.2) is 4.39 Å². The van der Waals surface area contributed by atoms with Crippen LogP contribution in [0.15, 0.2) is 91.0 Å². The number of carbonyl (C=O) groups is 2. The van der Waals surface area contributed by atoms with Crippen LogP contribution in [0.5, 0.6) is 11.5 Å². The molecule has 5 aromatic rings. The van der Waals surface area contributed by atoms with Crippen LogP contribution >= 0.6 is 0 Å². The first-order chi connectivity index (χ1) is 26.3. The Morgan fingerprint density at radius 3 is 2.41 bits per heavy atom. The number of morpholine rings is 1. The second-order valence-electron chi connectivity index (χ2n) is 14.5. The summed E-state index contributed by atoms with van der Waals surface area (Å²) in [5, 5.41) is 10.1. The lowest BCUT2D eigenvalue weighted by molar-refractivity contribution is 0.0193. The van der Waals surface area contributed by atoms with Gasteiger partial charge in [0.25, 0.3) is 11.8 Å². The van der Waals surface area contributed by atoms with E-state index in [1.807, 2.05) is 35.2 Å². The van der Waals surface area contributed by atoms with Crippen molar-refractivity contribution in [1.82, 2.24) is 14.4 Å². The highest BCUT2D eigenvalue weighted by atomic mass is 19.1. The van der Waals surface area contributed by atoms with Gasteiger partial charge in [-0.2, -0.15) is 0 Å². The molecule has 0 radical (unpaired) electrons. The second kappa shape index (κ2) is 15.1. The Bertz CT molecular complexity index is 2190. The molecule has 3 aliphatic rings. The SMILES string of the molecule is COc1ccc(C(=O)N2Cc3ccccc3C[C@H]2CN2CCOCC2)c(-c2cc(C(=O)N(c3ccc(O)cc3)c3ccc(C)c(F)c3)c3n2CCCC3)c1. The number of carbonyl (C=O) groups excluding carboxylic acids is 2. The van der Waals surface area contributed by atoms with Gasteiger partial charge in [0.15, 0.2) is 0 Å². The van der Waals surface area contributed by atoms with Gasteiger partial charge < -0.3 is 24.0 Å². The number of anilines is 2. The van der Waals surface area contributed by atoms with Crippen LogP contribution in [0.4, 0.5) is 15.8 Å². The average molecular weight is 729 g/mol. The van der Waals surface area contributed by atoms with E-state index in [1.54, 1.807) is 38.3 Å². The van der Waals surface area contributed by atoms with Gasteiger partial charge in [0, 0.05) is 67.0 Å². The van der Waals surface area contributed by atoms with Crippen molar-refractivity contribution < 1.29 is 28.6 Å². The largest absolute Gasteiger partial charge is 0.508 e. The molecule has 1 atom stereocenters. The molecule has 0 saturated carbocycles. The van der Waals surface area contributed by atoms with Gasteiger partial charge in [-0.3, -0.25) is 19.4 Å². The summed E-state index contributed by atoms with van der Waals surface area (Å²) in [5.41, 5.74) is 7.11. The van der Waals surface area contributed by atoms with Crippen molar-refractivity contribution in [3.8, 4) is 22.8 Å². The highest BCUT2D eigenvalue weighted by Gasteiger charge is 2.35. The predicted molar refractivity (Wildman–Crippen MR) is 206 cm³/mol. The maximum absolute atomic E-state index is 15.0. The standard InChI is InChI=1S/C44H45FN4O5/c1-29-10-11-33(24-40(29)45)49(32-12-14-35(50)15-13-32)44(52)39-26-42(47-18-6-5-9-41(39)47)38-25-36(53-2)16-17-37(38)43(51)48-27-31-8-4-3-7-30(31)23-34(48)28-46-19-21-54-22-20-46/h3-4,7-8,10-17,24-26,34,50H,5-6,9,18-23,27-28H2,1-2H3/t34-/m0/s1. The Labute approximate surface area is 315 Å². The Kier molecular flexibility index (Phi) is 9.96. The summed E-state index contributed by atoms with van der Waals surface area (Å²) in [6.07, 6.45) is 3.26. The van der Waals surface area contributed by atoms with Crippen LogP contribution in [-0.4, -0.2) is 77.3 Å². The summed E-state index contributed by atoms with van der Waals surface area (Å²) in [7, 11) is 1.61. The van der Waals surface area contributed by atoms with E-state index in [2.05, 4.69) is 27.7 Å². The monoisotopic (exact) mass is 728 g/mol. The van der Waals surface area contributed by atoms with Crippen molar-refractivity contribution >= 4 is 23.2 Å². The van der Waals surface area contributed by atoms with Crippen LogP contribution in [0.1, 0.15) is 55.9 Å². The quantitative estimate of drug-likeness (QED) is 0.178. The highest BCUT2D eigenvalue weighted by Crippen LogP contribution is 2.39. The Hall–Kier alpha value is -5.45. The smallest absolute Gasteiger partial charge is 0.264 e. The van der Waals surface area contributed by atoms with Crippen molar-refractivity contribution in [2.75, 3.05) is 44.9 Å². The van der Waals surface area contributed by atoms with Crippen LogP contribution in [0.3, 0.4) is 0 Å². The summed E-state index contributed by atoms with van der Waals surface area (Å²) < 4.78 is 28.6. The summed E-state index contributed by atoms with van der Waals surface area (Å²) >= 11 is 0. The first kappa shape index (κ1) is 35.6. The molecule has 8 rings (SSSR count). The fourth-order valence-electron chi connectivity index (χ4n) is 8.18. The zero-order valence-corrected chi connectivity index (χ0v) is 30.8. The molecule has 9 nitrogen and oxygen atoms in total. The third-order valence-corrected chi connectivity index (χ3v) is 11.1. The Morgan fingerprint density at radius 2 is 1.65 bits per heavy atom. The molecule has 1 fully saturated rings. The first-order valence-electron chi connectivity index (χ1n) is 18.8. The number of hydrogen-bond donors (Lipinski definition) is 1. The van der Waals surface area contributed by atoms with E-state index in [9.17, 15) is 9.90 Å². The Morgan fingerprint density at radius 1 is 0.889 bits per heavy atom. The lowest BCUT2D eigenvalue weighted by Crippen LogP contribution is -2.52. The normalized spacial score (nSPS) is 17.1. The molecule has 0 spiro atoms. The molecule has 1 saturated heterocycles. The molecule has 2 amide bonds. The van der Waals surface area contributed by atoms with Crippen LogP contribution in [0.25, 0.3) is 11.3 Å². The van der Waals surface area contributed by atoms with Crippen molar-refractivity contribution in [1.29, 1.82) is 0 Å². The molecule has 1 aromatic heterocycles. The molecule has 4 heterocycles. The molecule has 1 N–H and O–H groups in total. The molecule has 4 aromatic carbocycles. The van der Waals surface area contributed by atoms with E-state index < -0.39 is 5.82 Å². The number of amides is 2. The van der Waals surface area contributed by atoms with Crippen LogP contribution < -0.4 is 9.64 Å². The molecule has 0 bridgehead atoms. The second-order valence-corrected chi connectivity index (χ2v) is 14.5. The van der Waals surface area contributed by atoms with Crippen LogP contribution in [-0.2, 0) is 30.7 Å². The summed E-state index contributed by atoms with van der Waals surface area (Å²) in [6, 6.07) is 26.9. The van der Waals surface area contributed by atoms with Gasteiger partial charge in [0.2, 0.25) is 0 Å². The Balaban J connectivity index is 1.23. The van der Waals surface area contributed by atoms with Gasteiger partial charge in [-0.1, -0.05) is 30.3 Å². The number of ether oxygens (including phenoxy) is 2. The third-order valence-electron chi connectivity index (χ3n) is 11.1. The molecule has 3 aliphatic heterocycles. The zero-order chi connectivity index (χ0) is 37.3. The predicted octanol–water partition coefficient (Wildman–Crippen LogP) is 7.53. The molecule has 0 unspecified atom stereocenters. The molecule has 278 valence electrons. The van der Waals surface area contributed by atoms with Gasteiger partial charge in [-0.05, 0) is 110 Å². The molecular weight excluding hydrogens is 684 g/mol. The number of hydrogen-bond acceptors (Lipinski definition) is 6.